The second-order valence-electron chi connectivity index (χ2n) is 3.92. The van der Waals surface area contributed by atoms with E-state index in [1.54, 1.807) is 31.4 Å². The molecule has 4 heteroatoms. The van der Waals surface area contributed by atoms with Gasteiger partial charge in [-0.2, -0.15) is 0 Å². The van der Waals surface area contributed by atoms with Crippen LogP contribution < -0.4 is 4.74 Å². The number of benzene rings is 2. The Kier molecular flexibility index (Phi) is 3.37. The van der Waals surface area contributed by atoms with Crippen LogP contribution in [0.1, 0.15) is 18.9 Å². The van der Waals surface area contributed by atoms with Crippen LogP contribution in [0.15, 0.2) is 35.5 Å². The van der Waals surface area contributed by atoms with Crippen molar-refractivity contribution in [1.82, 2.24) is 0 Å². The first-order valence-corrected chi connectivity index (χ1v) is 5.72. The molecule has 2 aromatic carbocycles. The lowest BCUT2D eigenvalue weighted by atomic mass is 9.98. The molecule has 18 heavy (non-hydrogen) atoms. The van der Waals surface area contributed by atoms with E-state index in [9.17, 15) is 5.11 Å². The summed E-state index contributed by atoms with van der Waals surface area (Å²) in [7, 11) is 1.58. The molecule has 2 N–H and O–H groups in total. The third-order valence-corrected chi connectivity index (χ3v) is 2.97. The predicted molar refractivity (Wildman–Crippen MR) is 70.8 cm³/mol. The molecular weight excluding hydrogens is 230 g/mol. The Bertz CT molecular complexity index is 605. The van der Waals surface area contributed by atoms with Crippen LogP contribution >= 0.6 is 0 Å². The lowest BCUT2D eigenvalue weighted by molar-refractivity contribution is 0.318. The molecule has 0 fully saturated rings. The number of fused-ring (bicyclic) bond motifs is 1. The number of methoxy groups -OCH3 is 1. The normalized spacial score (nSPS) is 11.8. The highest BCUT2D eigenvalue weighted by atomic mass is 16.5. The standard InChI is InChI=1S/C14H15NO3/c1-3-11(15-17)9-7-8-13(18-2)10-5-4-6-12(16)14(9)10/h4-8,16-17H,3H2,1-2H3. The number of hydrogen-bond acceptors (Lipinski definition) is 4. The van der Waals surface area contributed by atoms with E-state index in [0.717, 1.165) is 5.39 Å². The van der Waals surface area contributed by atoms with Gasteiger partial charge in [0.2, 0.25) is 0 Å². The number of rotatable bonds is 3. The van der Waals surface area contributed by atoms with Gasteiger partial charge in [-0.05, 0) is 24.6 Å². The van der Waals surface area contributed by atoms with Gasteiger partial charge < -0.3 is 15.1 Å². The van der Waals surface area contributed by atoms with Crippen molar-refractivity contribution in [3.8, 4) is 11.5 Å². The van der Waals surface area contributed by atoms with Gasteiger partial charge >= 0.3 is 0 Å². The van der Waals surface area contributed by atoms with Gasteiger partial charge in [0, 0.05) is 16.3 Å². The summed E-state index contributed by atoms with van der Waals surface area (Å²) in [5.41, 5.74) is 1.25. The minimum Gasteiger partial charge on any atom is -0.507 e. The Balaban J connectivity index is 2.84. The molecule has 0 bridgehead atoms. The first-order chi connectivity index (χ1) is 8.72. The average Bonchev–Trinajstić information content (AvgIpc) is 2.40. The molecule has 0 radical (unpaired) electrons. The molecule has 0 aliphatic carbocycles. The zero-order chi connectivity index (χ0) is 13.1. The van der Waals surface area contributed by atoms with Crippen LogP contribution in [-0.2, 0) is 0 Å². The molecule has 0 amide bonds. The van der Waals surface area contributed by atoms with Crippen LogP contribution in [0.5, 0.6) is 11.5 Å². The van der Waals surface area contributed by atoms with E-state index in [4.69, 9.17) is 9.94 Å². The number of oxime groups is 1. The third kappa shape index (κ3) is 1.86. The molecule has 94 valence electrons. The highest BCUT2D eigenvalue weighted by Gasteiger charge is 2.13. The van der Waals surface area contributed by atoms with E-state index < -0.39 is 0 Å². The minimum absolute atomic E-state index is 0.149. The summed E-state index contributed by atoms with van der Waals surface area (Å²) in [5.74, 6) is 0.828. The molecule has 2 rings (SSSR count). The van der Waals surface area contributed by atoms with Crippen LogP contribution in [0.3, 0.4) is 0 Å². The van der Waals surface area contributed by atoms with E-state index in [1.165, 1.54) is 0 Å². The summed E-state index contributed by atoms with van der Waals surface area (Å²) in [6, 6.07) is 8.82. The molecule has 4 nitrogen and oxygen atoms in total. The second kappa shape index (κ2) is 4.96. The van der Waals surface area contributed by atoms with Crippen LogP contribution in [0.25, 0.3) is 10.8 Å². The molecule has 0 aromatic heterocycles. The summed E-state index contributed by atoms with van der Waals surface area (Å²) in [6.07, 6.45) is 0.576. The van der Waals surface area contributed by atoms with Crippen molar-refractivity contribution in [2.24, 2.45) is 5.16 Å². The quantitative estimate of drug-likeness (QED) is 0.496. The van der Waals surface area contributed by atoms with Gasteiger partial charge in [0.05, 0.1) is 12.8 Å². The van der Waals surface area contributed by atoms with E-state index in [-0.39, 0.29) is 5.75 Å². The highest BCUT2D eigenvalue weighted by Crippen LogP contribution is 2.34. The average molecular weight is 245 g/mol. The first kappa shape index (κ1) is 12.2. The number of hydrogen-bond donors (Lipinski definition) is 2. The Labute approximate surface area is 105 Å². The Morgan fingerprint density at radius 1 is 1.28 bits per heavy atom. The SMILES string of the molecule is CCC(=NO)c1ccc(OC)c2cccc(O)c12. The zero-order valence-corrected chi connectivity index (χ0v) is 10.3. The van der Waals surface area contributed by atoms with Crippen LogP contribution in [0.4, 0.5) is 0 Å². The fourth-order valence-electron chi connectivity index (χ4n) is 2.09. The fraction of sp³-hybridized carbons (Fsp3) is 0.214. The molecular formula is C14H15NO3. The Morgan fingerprint density at radius 3 is 2.67 bits per heavy atom. The summed E-state index contributed by atoms with van der Waals surface area (Å²) in [5, 5.41) is 23.8. The Hall–Kier alpha value is -2.23. The van der Waals surface area contributed by atoms with Crippen molar-refractivity contribution in [2.75, 3.05) is 7.11 Å². The molecule has 0 aliphatic rings. The summed E-state index contributed by atoms with van der Waals surface area (Å²) < 4.78 is 5.27. The Morgan fingerprint density at radius 2 is 2.06 bits per heavy atom. The van der Waals surface area contributed by atoms with Gasteiger partial charge in [-0.3, -0.25) is 0 Å². The number of aromatic hydroxyl groups is 1. The maximum atomic E-state index is 10.0. The predicted octanol–water partition coefficient (Wildman–Crippen LogP) is 3.14. The fourth-order valence-corrected chi connectivity index (χ4v) is 2.09. The lowest BCUT2D eigenvalue weighted by Crippen LogP contribution is -2.01. The van der Waals surface area contributed by atoms with Crippen LogP contribution in [0, 0.1) is 0 Å². The van der Waals surface area contributed by atoms with Crippen molar-refractivity contribution in [1.29, 1.82) is 0 Å². The maximum Gasteiger partial charge on any atom is 0.126 e. The summed E-state index contributed by atoms with van der Waals surface area (Å²) in [6.45, 7) is 1.89. The van der Waals surface area contributed by atoms with E-state index in [1.807, 2.05) is 13.0 Å². The van der Waals surface area contributed by atoms with Gasteiger partial charge in [0.1, 0.15) is 11.5 Å². The van der Waals surface area contributed by atoms with Crippen LogP contribution in [-0.4, -0.2) is 23.1 Å². The number of phenols is 1. The molecule has 0 heterocycles. The molecule has 2 aromatic rings. The van der Waals surface area contributed by atoms with E-state index >= 15 is 0 Å². The van der Waals surface area contributed by atoms with Gasteiger partial charge in [-0.15, -0.1) is 0 Å². The third-order valence-electron chi connectivity index (χ3n) is 2.97. The van der Waals surface area contributed by atoms with Crippen molar-refractivity contribution >= 4 is 16.5 Å². The van der Waals surface area contributed by atoms with Crippen molar-refractivity contribution < 1.29 is 15.1 Å². The zero-order valence-electron chi connectivity index (χ0n) is 10.3. The van der Waals surface area contributed by atoms with Gasteiger partial charge in [-0.25, -0.2) is 0 Å². The topological polar surface area (TPSA) is 62.1 Å². The molecule has 0 atom stereocenters. The molecule has 0 saturated carbocycles. The number of ether oxygens (including phenoxy) is 1. The van der Waals surface area contributed by atoms with Crippen molar-refractivity contribution in [3.05, 3.63) is 35.9 Å². The maximum absolute atomic E-state index is 10.0. The van der Waals surface area contributed by atoms with Gasteiger partial charge in [0.25, 0.3) is 0 Å². The highest BCUT2D eigenvalue weighted by molar-refractivity contribution is 6.13. The van der Waals surface area contributed by atoms with Gasteiger partial charge in [-0.1, -0.05) is 24.2 Å². The summed E-state index contributed by atoms with van der Waals surface area (Å²) >= 11 is 0. The molecule has 0 spiro atoms. The van der Waals surface area contributed by atoms with Crippen LogP contribution in [0.2, 0.25) is 0 Å². The number of phenolic OH excluding ortho intramolecular Hbond substituents is 1. The minimum atomic E-state index is 0.149. The monoisotopic (exact) mass is 245 g/mol. The second-order valence-corrected chi connectivity index (χ2v) is 3.92. The molecule has 0 saturated heterocycles. The number of nitrogens with zero attached hydrogens (tertiary/aromatic N) is 1. The smallest absolute Gasteiger partial charge is 0.126 e. The largest absolute Gasteiger partial charge is 0.507 e. The summed E-state index contributed by atoms with van der Waals surface area (Å²) in [4.78, 5) is 0. The van der Waals surface area contributed by atoms with Crippen molar-refractivity contribution in [2.45, 2.75) is 13.3 Å². The lowest BCUT2D eigenvalue weighted by Gasteiger charge is -2.11. The first-order valence-electron chi connectivity index (χ1n) is 5.72. The van der Waals surface area contributed by atoms with Crippen molar-refractivity contribution in [3.63, 3.8) is 0 Å². The van der Waals surface area contributed by atoms with E-state index in [2.05, 4.69) is 5.16 Å². The molecule has 0 unspecified atom stereocenters. The van der Waals surface area contributed by atoms with E-state index in [0.29, 0.717) is 28.8 Å². The van der Waals surface area contributed by atoms with Gasteiger partial charge in [0.15, 0.2) is 0 Å². The molecule has 0 aliphatic heterocycles.